The standard InChI is InChI=1S/C27H24Cl2N2S/c28-23-13-12-22(16-24(23)29)27(14-7-15-27)25-19-32-26(30-17-20-8-3-1-4-9-20)31(25)18-21-10-5-2-6-11-21/h1-6,8-13,16,19H,7,14-15,17-18H2/b30-26-. The quantitative estimate of drug-likeness (QED) is 0.273. The van der Waals surface area contributed by atoms with Crippen molar-refractivity contribution in [2.24, 2.45) is 4.99 Å². The first-order valence-corrected chi connectivity index (χ1v) is 12.5. The molecule has 1 aromatic heterocycles. The predicted octanol–water partition coefficient (Wildman–Crippen LogP) is 7.48. The normalized spacial score (nSPS) is 15.5. The van der Waals surface area contributed by atoms with E-state index in [9.17, 15) is 0 Å². The fraction of sp³-hybridized carbons (Fsp3) is 0.222. The Hall–Kier alpha value is -2.33. The van der Waals surface area contributed by atoms with Crippen LogP contribution in [-0.4, -0.2) is 4.57 Å². The van der Waals surface area contributed by atoms with Crippen molar-refractivity contribution in [2.45, 2.75) is 37.8 Å². The molecule has 0 spiro atoms. The van der Waals surface area contributed by atoms with Crippen molar-refractivity contribution in [1.29, 1.82) is 0 Å². The van der Waals surface area contributed by atoms with Crippen LogP contribution in [0.5, 0.6) is 0 Å². The number of aromatic nitrogens is 1. The molecule has 1 heterocycles. The van der Waals surface area contributed by atoms with E-state index in [-0.39, 0.29) is 5.41 Å². The molecule has 0 N–H and O–H groups in total. The summed E-state index contributed by atoms with van der Waals surface area (Å²) < 4.78 is 2.41. The fourth-order valence-corrected chi connectivity index (χ4v) is 5.81. The smallest absolute Gasteiger partial charge is 0.185 e. The lowest BCUT2D eigenvalue weighted by molar-refractivity contribution is 0.284. The van der Waals surface area contributed by atoms with Crippen molar-refractivity contribution in [1.82, 2.24) is 4.57 Å². The van der Waals surface area contributed by atoms with Crippen molar-refractivity contribution in [3.05, 3.63) is 121 Å². The van der Waals surface area contributed by atoms with Gasteiger partial charge in [-0.1, -0.05) is 96.4 Å². The van der Waals surface area contributed by atoms with Gasteiger partial charge >= 0.3 is 0 Å². The van der Waals surface area contributed by atoms with E-state index in [0.29, 0.717) is 16.6 Å². The van der Waals surface area contributed by atoms with Crippen molar-refractivity contribution in [3.63, 3.8) is 0 Å². The third kappa shape index (κ3) is 4.17. The highest BCUT2D eigenvalue weighted by Gasteiger charge is 2.43. The summed E-state index contributed by atoms with van der Waals surface area (Å²) >= 11 is 14.4. The van der Waals surface area contributed by atoms with Crippen LogP contribution in [0.15, 0.2) is 89.2 Å². The topological polar surface area (TPSA) is 17.3 Å². The minimum atomic E-state index is -0.0416. The molecule has 5 rings (SSSR count). The molecule has 4 aromatic rings. The molecular weight excluding hydrogens is 455 g/mol. The summed E-state index contributed by atoms with van der Waals surface area (Å²) in [6.45, 7) is 1.48. The van der Waals surface area contributed by atoms with E-state index in [2.05, 4.69) is 70.6 Å². The summed E-state index contributed by atoms with van der Waals surface area (Å²) in [6, 6.07) is 27.2. The maximum absolute atomic E-state index is 6.43. The molecule has 1 fully saturated rings. The molecule has 0 aliphatic heterocycles. The van der Waals surface area contributed by atoms with Gasteiger partial charge in [-0.3, -0.25) is 4.99 Å². The molecule has 162 valence electrons. The monoisotopic (exact) mass is 478 g/mol. The number of halogens is 2. The van der Waals surface area contributed by atoms with Crippen LogP contribution in [0.4, 0.5) is 0 Å². The molecular formula is C27H24Cl2N2S. The minimum Gasteiger partial charge on any atom is -0.316 e. The minimum absolute atomic E-state index is 0.0416. The number of hydrogen-bond donors (Lipinski definition) is 0. The van der Waals surface area contributed by atoms with E-state index in [4.69, 9.17) is 28.2 Å². The van der Waals surface area contributed by atoms with E-state index in [1.54, 1.807) is 11.3 Å². The number of nitrogens with zero attached hydrogens (tertiary/aromatic N) is 2. The van der Waals surface area contributed by atoms with Crippen LogP contribution < -0.4 is 4.80 Å². The lowest BCUT2D eigenvalue weighted by Gasteiger charge is -2.43. The lowest BCUT2D eigenvalue weighted by Crippen LogP contribution is -2.39. The van der Waals surface area contributed by atoms with Gasteiger partial charge in [-0.05, 0) is 41.7 Å². The van der Waals surface area contributed by atoms with Crippen molar-refractivity contribution >= 4 is 34.5 Å². The van der Waals surface area contributed by atoms with Crippen LogP contribution in [0.2, 0.25) is 10.0 Å². The molecule has 1 saturated carbocycles. The number of benzene rings is 3. The van der Waals surface area contributed by atoms with Gasteiger partial charge in [0.2, 0.25) is 0 Å². The van der Waals surface area contributed by atoms with Crippen LogP contribution >= 0.6 is 34.5 Å². The van der Waals surface area contributed by atoms with Gasteiger partial charge in [0.15, 0.2) is 4.80 Å². The largest absolute Gasteiger partial charge is 0.316 e. The van der Waals surface area contributed by atoms with E-state index in [1.807, 2.05) is 18.2 Å². The van der Waals surface area contributed by atoms with Crippen molar-refractivity contribution < 1.29 is 0 Å². The second kappa shape index (κ2) is 9.27. The molecule has 0 amide bonds. The van der Waals surface area contributed by atoms with Crippen molar-refractivity contribution in [3.8, 4) is 0 Å². The maximum Gasteiger partial charge on any atom is 0.185 e. The average Bonchev–Trinajstić information content (AvgIpc) is 3.18. The lowest BCUT2D eigenvalue weighted by atomic mass is 9.62. The molecule has 1 aliphatic carbocycles. The van der Waals surface area contributed by atoms with Gasteiger partial charge in [-0.15, -0.1) is 11.3 Å². The Morgan fingerprint density at radius 1 is 0.844 bits per heavy atom. The summed E-state index contributed by atoms with van der Waals surface area (Å²) in [5, 5.41) is 3.52. The highest BCUT2D eigenvalue weighted by molar-refractivity contribution is 7.07. The Morgan fingerprint density at radius 2 is 1.53 bits per heavy atom. The third-order valence-corrected chi connectivity index (χ3v) is 8.03. The zero-order chi connectivity index (χ0) is 22.0. The number of thiazole rings is 1. The van der Waals surface area contributed by atoms with E-state index in [0.717, 1.165) is 24.2 Å². The van der Waals surface area contributed by atoms with E-state index < -0.39 is 0 Å². The van der Waals surface area contributed by atoms with Gasteiger partial charge in [0.25, 0.3) is 0 Å². The molecule has 3 aromatic carbocycles. The first-order valence-electron chi connectivity index (χ1n) is 10.9. The number of hydrogen-bond acceptors (Lipinski definition) is 2. The zero-order valence-corrected chi connectivity index (χ0v) is 20.0. The van der Waals surface area contributed by atoms with Crippen LogP contribution in [0.1, 0.15) is 41.6 Å². The second-order valence-corrected chi connectivity index (χ2v) is 9.99. The molecule has 0 radical (unpaired) electrons. The van der Waals surface area contributed by atoms with E-state index in [1.165, 1.54) is 28.8 Å². The van der Waals surface area contributed by atoms with Gasteiger partial charge in [-0.2, -0.15) is 0 Å². The van der Waals surface area contributed by atoms with Crippen LogP contribution in [-0.2, 0) is 18.5 Å². The second-order valence-electron chi connectivity index (χ2n) is 8.34. The Morgan fingerprint density at radius 3 is 2.16 bits per heavy atom. The number of rotatable bonds is 6. The molecule has 0 bridgehead atoms. The van der Waals surface area contributed by atoms with Gasteiger partial charge < -0.3 is 4.57 Å². The highest BCUT2D eigenvalue weighted by atomic mass is 35.5. The maximum atomic E-state index is 6.43. The summed E-state index contributed by atoms with van der Waals surface area (Å²) in [7, 11) is 0. The first-order chi connectivity index (χ1) is 15.7. The van der Waals surface area contributed by atoms with Crippen LogP contribution in [0.25, 0.3) is 0 Å². The molecule has 32 heavy (non-hydrogen) atoms. The Labute approximate surface area is 202 Å². The fourth-order valence-electron chi connectivity index (χ4n) is 4.51. The molecule has 0 atom stereocenters. The Bertz CT molecular complexity index is 1270. The summed E-state index contributed by atoms with van der Waals surface area (Å²) in [5.74, 6) is 0. The van der Waals surface area contributed by atoms with Crippen molar-refractivity contribution in [2.75, 3.05) is 0 Å². The van der Waals surface area contributed by atoms with Crippen LogP contribution in [0.3, 0.4) is 0 Å². The molecule has 0 unspecified atom stereocenters. The summed E-state index contributed by atoms with van der Waals surface area (Å²) in [5.41, 5.74) is 5.02. The third-order valence-electron chi connectivity index (χ3n) is 6.39. The van der Waals surface area contributed by atoms with Gasteiger partial charge in [0.05, 0.1) is 23.1 Å². The van der Waals surface area contributed by atoms with Gasteiger partial charge in [-0.25, -0.2) is 0 Å². The summed E-state index contributed by atoms with van der Waals surface area (Å²) in [4.78, 5) is 6.08. The Balaban J connectivity index is 1.61. The molecule has 2 nitrogen and oxygen atoms in total. The first kappa shape index (κ1) is 21.5. The highest BCUT2D eigenvalue weighted by Crippen LogP contribution is 2.50. The zero-order valence-electron chi connectivity index (χ0n) is 17.7. The molecule has 1 aliphatic rings. The molecule has 0 saturated heterocycles. The Kier molecular flexibility index (Phi) is 6.23. The average molecular weight is 479 g/mol. The SMILES string of the molecule is Clc1ccc(C2(c3cs/c(=N\Cc4ccccc4)n3Cc3ccccc3)CCC2)cc1Cl. The summed E-state index contributed by atoms with van der Waals surface area (Å²) in [6.07, 6.45) is 3.42. The predicted molar refractivity (Wildman–Crippen MR) is 135 cm³/mol. The van der Waals surface area contributed by atoms with Crippen LogP contribution in [0, 0.1) is 0 Å². The molecule has 5 heteroatoms. The van der Waals surface area contributed by atoms with Gasteiger partial charge in [0, 0.05) is 16.5 Å². The van der Waals surface area contributed by atoms with E-state index >= 15 is 0 Å². The van der Waals surface area contributed by atoms with Gasteiger partial charge in [0.1, 0.15) is 0 Å².